The zero-order valence-corrected chi connectivity index (χ0v) is 11.5. The van der Waals surface area contributed by atoms with Crippen LogP contribution in [0, 0.1) is 11.5 Å². The first-order chi connectivity index (χ1) is 9.19. The number of anilines is 1. The Kier molecular flexibility index (Phi) is 6.26. The number of amides is 1. The molecule has 0 spiro atoms. The Bertz CT molecular complexity index is 493. The molecule has 6 nitrogen and oxygen atoms in total. The largest absolute Gasteiger partial charge is 0.450 e. The lowest BCUT2D eigenvalue weighted by atomic mass is 10.3. The summed E-state index contributed by atoms with van der Waals surface area (Å²) in [6.07, 6.45) is 3.14. The zero-order valence-electron chi connectivity index (χ0n) is 10.6. The van der Waals surface area contributed by atoms with Crippen molar-refractivity contribution >= 4 is 34.4 Å². The van der Waals surface area contributed by atoms with Crippen molar-refractivity contribution in [2.45, 2.75) is 6.92 Å². The van der Waals surface area contributed by atoms with Gasteiger partial charge in [0.05, 0.1) is 12.3 Å². The van der Waals surface area contributed by atoms with Crippen LogP contribution in [0.3, 0.4) is 0 Å². The fourth-order valence-corrected chi connectivity index (χ4v) is 1.54. The molecule has 1 rings (SSSR count). The van der Waals surface area contributed by atoms with E-state index in [4.69, 9.17) is 10.00 Å². The van der Waals surface area contributed by atoms with Gasteiger partial charge in [0.1, 0.15) is 0 Å². The Morgan fingerprint density at radius 2 is 2.16 bits per heavy atom. The van der Waals surface area contributed by atoms with Crippen LogP contribution in [-0.2, 0) is 4.74 Å². The van der Waals surface area contributed by atoms with Gasteiger partial charge in [-0.3, -0.25) is 10.6 Å². The van der Waals surface area contributed by atoms with Gasteiger partial charge < -0.3 is 4.74 Å². The highest BCUT2D eigenvalue weighted by Crippen LogP contribution is 2.17. The van der Waals surface area contributed by atoms with Gasteiger partial charge in [-0.05, 0) is 37.4 Å². The number of ether oxygens (including phenoxy) is 1. The van der Waals surface area contributed by atoms with E-state index in [1.54, 1.807) is 31.2 Å². The number of nitrogens with zero attached hydrogens (tertiary/aromatic N) is 2. The van der Waals surface area contributed by atoms with Crippen LogP contribution < -0.4 is 10.6 Å². The summed E-state index contributed by atoms with van der Waals surface area (Å²) in [6.45, 7) is 2.06. The van der Waals surface area contributed by atoms with Crippen molar-refractivity contribution in [2.75, 3.05) is 18.2 Å². The quantitative estimate of drug-likeness (QED) is 0.384. The average molecular weight is 278 g/mol. The predicted molar refractivity (Wildman–Crippen MR) is 76.4 cm³/mol. The minimum Gasteiger partial charge on any atom is -0.450 e. The number of benzene rings is 1. The Balaban J connectivity index is 2.71. The molecule has 0 saturated heterocycles. The van der Waals surface area contributed by atoms with E-state index in [9.17, 15) is 4.79 Å². The molecule has 1 aromatic rings. The second-order valence-corrected chi connectivity index (χ2v) is 4.05. The molecule has 0 saturated carbocycles. The van der Waals surface area contributed by atoms with Gasteiger partial charge in [-0.15, -0.1) is 0 Å². The summed E-state index contributed by atoms with van der Waals surface area (Å²) < 4.78 is 4.76. The lowest BCUT2D eigenvalue weighted by Crippen LogP contribution is -2.13. The van der Waals surface area contributed by atoms with E-state index in [0.29, 0.717) is 23.1 Å². The molecule has 0 aliphatic rings. The second kappa shape index (κ2) is 8.00. The first kappa shape index (κ1) is 14.9. The SMILES string of the molecule is CCOC(=O)Nc1ccc(N=C(NC#N)SC)cc1. The minimum atomic E-state index is -0.491. The van der Waals surface area contributed by atoms with Crippen molar-refractivity contribution in [1.82, 2.24) is 5.32 Å². The third kappa shape index (κ3) is 5.31. The second-order valence-electron chi connectivity index (χ2n) is 3.25. The third-order valence-electron chi connectivity index (χ3n) is 1.98. The molecule has 0 aliphatic heterocycles. The van der Waals surface area contributed by atoms with Gasteiger partial charge in [0.25, 0.3) is 0 Å². The van der Waals surface area contributed by atoms with Crippen molar-refractivity contribution in [3.63, 3.8) is 0 Å². The Morgan fingerprint density at radius 1 is 1.47 bits per heavy atom. The number of aliphatic imine (C=N–C) groups is 1. The number of amidine groups is 1. The molecule has 0 fully saturated rings. The van der Waals surface area contributed by atoms with Crippen LogP contribution in [0.5, 0.6) is 0 Å². The molecule has 19 heavy (non-hydrogen) atoms. The molecule has 7 heteroatoms. The van der Waals surface area contributed by atoms with E-state index in [2.05, 4.69) is 15.6 Å². The fraction of sp³-hybridized carbons (Fsp3) is 0.250. The van der Waals surface area contributed by atoms with Crippen LogP contribution in [0.1, 0.15) is 6.92 Å². The molecule has 0 aromatic heterocycles. The number of rotatable bonds is 3. The maximum Gasteiger partial charge on any atom is 0.411 e. The summed E-state index contributed by atoms with van der Waals surface area (Å²) in [6, 6.07) is 6.88. The first-order valence-electron chi connectivity index (χ1n) is 5.51. The molecule has 1 amide bonds. The maximum atomic E-state index is 11.2. The first-order valence-corrected chi connectivity index (χ1v) is 6.73. The lowest BCUT2D eigenvalue weighted by Gasteiger charge is -2.05. The molecule has 0 atom stereocenters. The van der Waals surface area contributed by atoms with E-state index >= 15 is 0 Å². The van der Waals surface area contributed by atoms with Crippen molar-refractivity contribution in [3.05, 3.63) is 24.3 Å². The Morgan fingerprint density at radius 3 is 2.68 bits per heavy atom. The summed E-state index contributed by atoms with van der Waals surface area (Å²) in [5.41, 5.74) is 1.30. The number of nitriles is 1. The molecular weight excluding hydrogens is 264 g/mol. The van der Waals surface area contributed by atoms with Gasteiger partial charge in [-0.2, -0.15) is 5.26 Å². The number of carbonyl (C=O) groups excluding carboxylic acids is 1. The van der Waals surface area contributed by atoms with Gasteiger partial charge in [0.2, 0.25) is 0 Å². The highest BCUT2D eigenvalue weighted by Gasteiger charge is 2.02. The summed E-state index contributed by atoms with van der Waals surface area (Å²) in [5.74, 6) is 0. The normalized spacial score (nSPS) is 10.5. The number of carbonyl (C=O) groups is 1. The van der Waals surface area contributed by atoms with Crippen LogP contribution in [0.2, 0.25) is 0 Å². The van der Waals surface area contributed by atoms with Crippen LogP contribution in [-0.4, -0.2) is 24.1 Å². The van der Waals surface area contributed by atoms with Crippen LogP contribution in [0.4, 0.5) is 16.2 Å². The average Bonchev–Trinajstić information content (AvgIpc) is 2.40. The van der Waals surface area contributed by atoms with Crippen LogP contribution >= 0.6 is 11.8 Å². The van der Waals surface area contributed by atoms with E-state index < -0.39 is 6.09 Å². The molecule has 0 radical (unpaired) electrons. The zero-order chi connectivity index (χ0) is 14.1. The van der Waals surface area contributed by atoms with Crippen molar-refractivity contribution < 1.29 is 9.53 Å². The maximum absolute atomic E-state index is 11.2. The van der Waals surface area contributed by atoms with Crippen molar-refractivity contribution in [2.24, 2.45) is 4.99 Å². The molecule has 100 valence electrons. The van der Waals surface area contributed by atoms with Gasteiger partial charge in [-0.25, -0.2) is 9.79 Å². The number of hydrogen-bond acceptors (Lipinski definition) is 5. The minimum absolute atomic E-state index is 0.325. The van der Waals surface area contributed by atoms with Crippen LogP contribution in [0.15, 0.2) is 29.3 Å². The van der Waals surface area contributed by atoms with Crippen molar-refractivity contribution in [3.8, 4) is 6.19 Å². The topological polar surface area (TPSA) is 86.5 Å². The van der Waals surface area contributed by atoms with E-state index in [-0.39, 0.29) is 0 Å². The lowest BCUT2D eigenvalue weighted by molar-refractivity contribution is 0.168. The predicted octanol–water partition coefficient (Wildman–Crippen LogP) is 2.68. The summed E-state index contributed by atoms with van der Waals surface area (Å²) in [5, 5.41) is 14.1. The van der Waals surface area contributed by atoms with E-state index in [1.165, 1.54) is 11.8 Å². The molecule has 0 bridgehead atoms. The van der Waals surface area contributed by atoms with Gasteiger partial charge in [-0.1, -0.05) is 11.8 Å². The summed E-state index contributed by atoms with van der Waals surface area (Å²) in [7, 11) is 0. The van der Waals surface area contributed by atoms with Crippen molar-refractivity contribution in [1.29, 1.82) is 5.26 Å². The third-order valence-corrected chi connectivity index (χ3v) is 2.56. The number of thioether (sulfide) groups is 1. The Hall–Kier alpha value is -2.20. The monoisotopic (exact) mass is 278 g/mol. The molecule has 0 unspecified atom stereocenters. The number of hydrogen-bond donors (Lipinski definition) is 2. The van der Waals surface area contributed by atoms with E-state index in [0.717, 1.165) is 0 Å². The highest BCUT2D eigenvalue weighted by molar-refractivity contribution is 8.13. The van der Waals surface area contributed by atoms with Gasteiger partial charge >= 0.3 is 6.09 Å². The summed E-state index contributed by atoms with van der Waals surface area (Å²) in [4.78, 5) is 15.4. The fourth-order valence-electron chi connectivity index (χ4n) is 1.19. The smallest absolute Gasteiger partial charge is 0.411 e. The molecule has 0 heterocycles. The molecule has 0 aliphatic carbocycles. The molecular formula is C12H14N4O2S. The number of nitrogens with one attached hydrogen (secondary N) is 2. The van der Waals surface area contributed by atoms with E-state index in [1.807, 2.05) is 12.4 Å². The van der Waals surface area contributed by atoms with Gasteiger partial charge in [0.15, 0.2) is 11.4 Å². The molecule has 2 N–H and O–H groups in total. The highest BCUT2D eigenvalue weighted by atomic mass is 32.2. The van der Waals surface area contributed by atoms with Gasteiger partial charge in [0, 0.05) is 5.69 Å². The summed E-state index contributed by atoms with van der Waals surface area (Å²) >= 11 is 1.34. The Labute approximate surface area is 115 Å². The molecule has 1 aromatic carbocycles. The van der Waals surface area contributed by atoms with Crippen LogP contribution in [0.25, 0.3) is 0 Å². The standard InChI is InChI=1S/C12H14N4O2S/c1-3-18-12(17)16-10-6-4-9(5-7-10)15-11(19-2)14-8-13/h4-7H,3H2,1-2H3,(H,14,15)(H,16,17).